The van der Waals surface area contributed by atoms with Crippen LogP contribution in [0.15, 0.2) is 54.9 Å². The average molecular weight is 703 g/mol. The number of sulfonamides is 1. The van der Waals surface area contributed by atoms with Crippen LogP contribution in [0.2, 0.25) is 0 Å². The van der Waals surface area contributed by atoms with Crippen LogP contribution in [0.4, 0.5) is 0 Å². The van der Waals surface area contributed by atoms with Gasteiger partial charge in [0.15, 0.2) is 11.4 Å². The number of hydrogen-bond acceptors (Lipinski definition) is 9. The zero-order chi connectivity index (χ0) is 35.1. The van der Waals surface area contributed by atoms with Crippen LogP contribution < -0.4 is 9.46 Å². The summed E-state index contributed by atoms with van der Waals surface area (Å²) in [7, 11) is -3.89. The SMILES string of the molecule is CCn1c(O[C@@H]2C[C@H]3C(=O)C[C@]4(C(=O)NS(=O)(=O)C5(C)CC5)C[C@@H]4/C=C\CCCCC[C@H](Cc4ccccc4)C(=O)N3C2)nc2nccnc21. The summed E-state index contributed by atoms with van der Waals surface area (Å²) in [6, 6.07) is 9.42. The van der Waals surface area contributed by atoms with Crippen LogP contribution in [0, 0.1) is 17.3 Å². The molecule has 2 aliphatic heterocycles. The number of allylic oxidation sites excluding steroid dienone is 2. The van der Waals surface area contributed by atoms with Crippen molar-refractivity contribution >= 4 is 38.9 Å². The second kappa shape index (κ2) is 13.5. The topological polar surface area (TPSA) is 153 Å². The molecule has 0 unspecified atom stereocenters. The predicted octanol–water partition coefficient (Wildman–Crippen LogP) is 4.54. The first-order valence-electron chi connectivity index (χ1n) is 18.0. The highest BCUT2D eigenvalue weighted by Crippen LogP contribution is 2.57. The number of carbonyl (C=O) groups is 3. The molecule has 4 heterocycles. The van der Waals surface area contributed by atoms with E-state index in [4.69, 9.17) is 4.74 Å². The lowest BCUT2D eigenvalue weighted by Crippen LogP contribution is -2.47. The maximum atomic E-state index is 14.6. The van der Waals surface area contributed by atoms with Gasteiger partial charge in [0.1, 0.15) is 6.10 Å². The molecular weight excluding hydrogens is 657 g/mol. The first-order chi connectivity index (χ1) is 24.0. The van der Waals surface area contributed by atoms with Crippen molar-refractivity contribution in [2.75, 3.05) is 6.54 Å². The van der Waals surface area contributed by atoms with Gasteiger partial charge < -0.3 is 9.64 Å². The number of hydrogen-bond donors (Lipinski definition) is 1. The zero-order valence-corrected chi connectivity index (χ0v) is 29.6. The fourth-order valence-electron chi connectivity index (χ4n) is 7.68. The number of benzene rings is 1. The molecule has 1 saturated heterocycles. The number of nitrogens with zero attached hydrogens (tertiary/aromatic N) is 5. The highest BCUT2D eigenvalue weighted by Gasteiger charge is 2.62. The van der Waals surface area contributed by atoms with Crippen LogP contribution >= 0.6 is 0 Å². The summed E-state index contributed by atoms with van der Waals surface area (Å²) in [5.41, 5.74) is 0.906. The molecule has 12 nitrogen and oxygen atoms in total. The van der Waals surface area contributed by atoms with Gasteiger partial charge in [-0.2, -0.15) is 4.98 Å². The van der Waals surface area contributed by atoms with Crippen LogP contribution in [0.3, 0.4) is 0 Å². The minimum atomic E-state index is -3.89. The minimum absolute atomic E-state index is 0.103. The Labute approximate surface area is 293 Å². The number of fused-ring (bicyclic) bond motifs is 3. The van der Waals surface area contributed by atoms with Crippen molar-refractivity contribution in [3.63, 3.8) is 0 Å². The molecule has 7 rings (SSSR count). The van der Waals surface area contributed by atoms with E-state index < -0.39 is 38.2 Å². The van der Waals surface area contributed by atoms with Crippen molar-refractivity contribution < 1.29 is 27.5 Å². The van der Waals surface area contributed by atoms with Crippen LogP contribution in [0.25, 0.3) is 11.3 Å². The van der Waals surface area contributed by atoms with Crippen molar-refractivity contribution in [2.45, 2.75) is 108 Å². The number of Topliss-reactive ketones (excluding diaryl/α,β-unsaturated/α-hetero) is 1. The monoisotopic (exact) mass is 702 g/mol. The normalized spacial score (nSPS) is 29.0. The molecule has 2 aromatic heterocycles. The quantitative estimate of drug-likeness (QED) is 0.334. The Morgan fingerprint density at radius 1 is 1.08 bits per heavy atom. The summed E-state index contributed by atoms with van der Waals surface area (Å²) < 4.78 is 35.9. The lowest BCUT2D eigenvalue weighted by molar-refractivity contribution is -0.142. The van der Waals surface area contributed by atoms with E-state index in [1.165, 1.54) is 0 Å². The maximum absolute atomic E-state index is 14.6. The highest BCUT2D eigenvalue weighted by atomic mass is 32.2. The molecule has 1 N–H and O–H groups in total. The Kier molecular flexibility index (Phi) is 9.29. The van der Waals surface area contributed by atoms with Gasteiger partial charge in [0.05, 0.1) is 22.7 Å². The fraction of sp³-hybridized carbons (Fsp3) is 0.568. The van der Waals surface area contributed by atoms with Gasteiger partial charge in [-0.3, -0.25) is 23.7 Å². The summed E-state index contributed by atoms with van der Waals surface area (Å²) in [5, 5.41) is 0. The van der Waals surface area contributed by atoms with Gasteiger partial charge in [-0.25, -0.2) is 18.4 Å². The average Bonchev–Trinajstić information content (AvgIpc) is 3.93. The van der Waals surface area contributed by atoms with Crippen molar-refractivity contribution in [1.82, 2.24) is 29.1 Å². The van der Waals surface area contributed by atoms with E-state index in [0.29, 0.717) is 56.0 Å². The molecule has 266 valence electrons. The summed E-state index contributed by atoms with van der Waals surface area (Å²) in [5.74, 6) is -1.58. The number of aryl methyl sites for hydroxylation is 1. The standard InChI is InChI=1S/C37H46N6O6S/c1-3-42-32-31(38-18-19-39-32)40-35(42)49-28-21-29-30(44)23-37(34(46)41-50(47,48)36(2)16-17-36)22-27(37)15-11-6-4-5-10-14-26(33(45)43(29)24-28)20-25-12-8-7-9-13-25/h7-9,11-13,15,18-19,26-29H,3-6,10,14,16-17,20-24H2,1-2H3,(H,41,46)/b15-11-/t26-,27+,28-,29+,37-/m1/s1. The minimum Gasteiger partial charge on any atom is -0.459 e. The number of aromatic nitrogens is 4. The van der Waals surface area contributed by atoms with E-state index in [-0.39, 0.29) is 42.9 Å². The van der Waals surface area contributed by atoms with Gasteiger partial charge in [0, 0.05) is 37.7 Å². The van der Waals surface area contributed by atoms with Crippen LogP contribution in [-0.2, 0) is 37.4 Å². The zero-order valence-electron chi connectivity index (χ0n) is 28.8. The molecule has 0 bridgehead atoms. The predicted molar refractivity (Wildman–Crippen MR) is 186 cm³/mol. The van der Waals surface area contributed by atoms with E-state index in [2.05, 4.69) is 25.8 Å². The first-order valence-corrected chi connectivity index (χ1v) is 19.5. The Bertz CT molecular complexity index is 1910. The molecule has 3 aromatic rings. The Morgan fingerprint density at radius 3 is 2.62 bits per heavy atom. The third-order valence-electron chi connectivity index (χ3n) is 11.2. The van der Waals surface area contributed by atoms with Crippen molar-refractivity contribution in [2.24, 2.45) is 17.3 Å². The largest absolute Gasteiger partial charge is 0.459 e. The molecule has 2 saturated carbocycles. The summed E-state index contributed by atoms with van der Waals surface area (Å²) >= 11 is 0. The van der Waals surface area contributed by atoms with Gasteiger partial charge in [0.25, 0.3) is 6.01 Å². The first kappa shape index (κ1) is 34.3. The number of ether oxygens (including phenoxy) is 1. The molecule has 4 aliphatic rings. The second-order valence-corrected chi connectivity index (χ2v) is 17.0. The number of ketones is 1. The van der Waals surface area contributed by atoms with Gasteiger partial charge >= 0.3 is 0 Å². The van der Waals surface area contributed by atoms with Crippen LogP contribution in [0.1, 0.15) is 83.6 Å². The third-order valence-corrected chi connectivity index (χ3v) is 13.4. The van der Waals surface area contributed by atoms with E-state index in [0.717, 1.165) is 31.2 Å². The highest BCUT2D eigenvalue weighted by molar-refractivity contribution is 7.91. The molecule has 13 heteroatoms. The Balaban J connectivity index is 1.20. The maximum Gasteiger partial charge on any atom is 0.300 e. The molecule has 1 aromatic carbocycles. The van der Waals surface area contributed by atoms with Gasteiger partial charge in [-0.05, 0) is 70.3 Å². The number of rotatable bonds is 8. The molecule has 3 fully saturated rings. The lowest BCUT2D eigenvalue weighted by Gasteiger charge is -2.29. The number of carbonyl (C=O) groups excluding carboxylic acids is 3. The van der Waals surface area contributed by atoms with E-state index >= 15 is 0 Å². The van der Waals surface area contributed by atoms with Crippen molar-refractivity contribution in [3.05, 3.63) is 60.4 Å². The summed E-state index contributed by atoms with van der Waals surface area (Å²) in [6.45, 7) is 4.32. The van der Waals surface area contributed by atoms with E-state index in [9.17, 15) is 22.8 Å². The van der Waals surface area contributed by atoms with Crippen LogP contribution in [-0.4, -0.2) is 73.9 Å². The number of imidazole rings is 1. The second-order valence-electron chi connectivity index (χ2n) is 14.8. The van der Waals surface area contributed by atoms with E-state index in [1.54, 1.807) is 24.2 Å². The Hall–Kier alpha value is -4.13. The molecule has 50 heavy (non-hydrogen) atoms. The number of amides is 2. The van der Waals surface area contributed by atoms with Crippen molar-refractivity contribution in [1.29, 1.82) is 0 Å². The van der Waals surface area contributed by atoms with E-state index in [1.807, 2.05) is 47.9 Å². The van der Waals surface area contributed by atoms with Gasteiger partial charge in [0.2, 0.25) is 27.5 Å². The van der Waals surface area contributed by atoms with Crippen LogP contribution in [0.5, 0.6) is 6.01 Å². The Morgan fingerprint density at radius 2 is 1.86 bits per heavy atom. The molecular formula is C37H46N6O6S. The lowest BCUT2D eigenvalue weighted by atomic mass is 9.90. The summed E-state index contributed by atoms with van der Waals surface area (Å²) in [4.78, 5) is 57.9. The fourth-order valence-corrected chi connectivity index (χ4v) is 9.01. The van der Waals surface area contributed by atoms with Crippen molar-refractivity contribution in [3.8, 4) is 6.01 Å². The third kappa shape index (κ3) is 6.68. The molecule has 2 aliphatic carbocycles. The van der Waals surface area contributed by atoms with Gasteiger partial charge in [-0.15, -0.1) is 0 Å². The summed E-state index contributed by atoms with van der Waals surface area (Å²) in [6.07, 6.45) is 12.9. The smallest absolute Gasteiger partial charge is 0.300 e. The number of nitrogens with one attached hydrogen (secondary N) is 1. The van der Waals surface area contributed by atoms with Gasteiger partial charge in [-0.1, -0.05) is 55.3 Å². The molecule has 2 amide bonds. The molecule has 0 spiro atoms. The molecule has 0 radical (unpaired) electrons. The molecule has 5 atom stereocenters.